The number of hydrogen-bond acceptors (Lipinski definition) is 3. The molecular formula is C7H15N2O4S+2. The first-order valence-corrected chi connectivity index (χ1v) is 5.41. The largest absolute Gasteiger partial charge is 0.451 e. The van der Waals surface area contributed by atoms with Crippen LogP contribution in [-0.2, 0) is 28.3 Å². The van der Waals surface area contributed by atoms with E-state index < -0.39 is 21.9 Å². The van der Waals surface area contributed by atoms with Crippen LogP contribution >= 0.6 is 0 Å². The Bertz CT molecular complexity index is 277. The molecule has 0 spiro atoms. The number of amides is 1. The Labute approximate surface area is 83.9 Å². The van der Waals surface area contributed by atoms with Gasteiger partial charge in [-0.2, -0.15) is 5.90 Å². The van der Waals surface area contributed by atoms with Gasteiger partial charge >= 0.3 is 10.5 Å². The van der Waals surface area contributed by atoms with Crippen molar-refractivity contribution in [3.8, 4) is 0 Å². The lowest BCUT2D eigenvalue weighted by molar-refractivity contribution is -0.637. The molecule has 0 aliphatic rings. The van der Waals surface area contributed by atoms with Crippen molar-refractivity contribution in [1.82, 2.24) is 5.32 Å². The molecule has 0 aromatic carbocycles. The SMILES string of the molecule is C=CC(=O)NC(C)(C)C[S+]([O])(=O)O[NH3+]. The highest BCUT2D eigenvalue weighted by molar-refractivity contribution is 7.92. The van der Waals surface area contributed by atoms with Crippen LogP contribution in [0.4, 0.5) is 0 Å². The van der Waals surface area contributed by atoms with Gasteiger partial charge in [-0.3, -0.25) is 4.79 Å². The first-order valence-electron chi connectivity index (χ1n) is 3.83. The zero-order valence-electron chi connectivity index (χ0n) is 8.24. The summed E-state index contributed by atoms with van der Waals surface area (Å²) in [5.41, 5.74) is -0.915. The fraction of sp³-hybridized carbons (Fsp3) is 0.571. The van der Waals surface area contributed by atoms with Crippen molar-refractivity contribution in [1.29, 1.82) is 0 Å². The Morgan fingerprint density at radius 1 is 1.71 bits per heavy atom. The maximum Gasteiger partial charge on any atom is 0.451 e. The number of rotatable bonds is 5. The third kappa shape index (κ3) is 5.07. The van der Waals surface area contributed by atoms with Crippen LogP contribution in [-0.4, -0.2) is 17.2 Å². The average molecular weight is 223 g/mol. The van der Waals surface area contributed by atoms with E-state index in [-0.39, 0.29) is 5.75 Å². The Kier molecular flexibility index (Phi) is 4.40. The van der Waals surface area contributed by atoms with Crippen LogP contribution in [0, 0.1) is 0 Å². The summed E-state index contributed by atoms with van der Waals surface area (Å²) >= 11 is 0. The van der Waals surface area contributed by atoms with Crippen LogP contribution in [0.5, 0.6) is 0 Å². The van der Waals surface area contributed by atoms with Crippen molar-refractivity contribution in [3.05, 3.63) is 12.7 Å². The number of hydrogen-bond donors (Lipinski definition) is 2. The third-order valence-corrected chi connectivity index (χ3v) is 2.80. The topological polar surface area (TPSA) is 103 Å². The summed E-state index contributed by atoms with van der Waals surface area (Å²) in [4.78, 5) is 10.9. The van der Waals surface area contributed by atoms with Gasteiger partial charge in [0.15, 0.2) is 0 Å². The van der Waals surface area contributed by atoms with Crippen LogP contribution in [0.1, 0.15) is 13.8 Å². The molecule has 14 heavy (non-hydrogen) atoms. The summed E-state index contributed by atoms with van der Waals surface area (Å²) in [6, 6.07) is 0. The van der Waals surface area contributed by atoms with E-state index in [1.165, 1.54) is 0 Å². The van der Waals surface area contributed by atoms with Crippen LogP contribution in [0.2, 0.25) is 0 Å². The molecule has 0 heterocycles. The molecular weight excluding hydrogens is 208 g/mol. The lowest BCUT2D eigenvalue weighted by Gasteiger charge is -2.21. The summed E-state index contributed by atoms with van der Waals surface area (Å²) in [5.74, 6) is 2.04. The van der Waals surface area contributed by atoms with E-state index in [1.807, 2.05) is 0 Å². The number of nitrogens with one attached hydrogen (secondary N) is 1. The fourth-order valence-corrected chi connectivity index (χ4v) is 1.94. The Hall–Kier alpha value is -0.760. The molecule has 6 nitrogen and oxygen atoms in total. The van der Waals surface area contributed by atoms with Crippen molar-refractivity contribution < 1.29 is 23.7 Å². The molecule has 0 bridgehead atoms. The minimum atomic E-state index is -3.69. The molecule has 0 aromatic heterocycles. The Balaban J connectivity index is 4.41. The molecule has 0 saturated carbocycles. The molecule has 0 fully saturated rings. The van der Waals surface area contributed by atoms with E-state index in [4.69, 9.17) is 0 Å². The first-order chi connectivity index (χ1) is 6.22. The molecule has 1 radical (unpaired) electrons. The van der Waals surface area contributed by atoms with Gasteiger partial charge in [-0.1, -0.05) is 6.58 Å². The average Bonchev–Trinajstić information content (AvgIpc) is 2.01. The van der Waals surface area contributed by atoms with Gasteiger partial charge in [0.2, 0.25) is 11.7 Å². The highest BCUT2D eigenvalue weighted by Gasteiger charge is 2.41. The molecule has 0 aromatic rings. The van der Waals surface area contributed by atoms with E-state index >= 15 is 0 Å². The van der Waals surface area contributed by atoms with Gasteiger partial charge < -0.3 is 5.32 Å². The molecule has 81 valence electrons. The van der Waals surface area contributed by atoms with Crippen LogP contribution in [0.3, 0.4) is 0 Å². The second-order valence-electron chi connectivity index (χ2n) is 3.40. The summed E-state index contributed by atoms with van der Waals surface area (Å²) in [6.07, 6.45) is 1.07. The first kappa shape index (κ1) is 13.2. The second kappa shape index (κ2) is 4.65. The Morgan fingerprint density at radius 3 is 2.57 bits per heavy atom. The van der Waals surface area contributed by atoms with E-state index in [0.717, 1.165) is 6.08 Å². The predicted octanol–water partition coefficient (Wildman–Crippen LogP) is -0.999. The van der Waals surface area contributed by atoms with Crippen molar-refractivity contribution >= 4 is 16.4 Å². The molecule has 0 saturated heterocycles. The summed E-state index contributed by atoms with van der Waals surface area (Å²) < 4.78 is 26.1. The standard InChI is InChI=1S/C7H14N2O4S/c1-4-6(10)9-7(2,3)5-14(11,12)13-8/h4H,1,5H2,2-3,8H3/q+1/p+1. The number of carbonyl (C=O) groups is 1. The zero-order chi connectivity index (χ0) is 11.4. The lowest BCUT2D eigenvalue weighted by atomic mass is 10.1. The number of quaternary nitrogens is 1. The molecule has 1 atom stereocenters. The lowest BCUT2D eigenvalue weighted by Crippen LogP contribution is -2.57. The van der Waals surface area contributed by atoms with Gasteiger partial charge in [0.05, 0.1) is 10.1 Å². The quantitative estimate of drug-likeness (QED) is 0.355. The summed E-state index contributed by atoms with van der Waals surface area (Å²) in [6.45, 7) is 6.38. The molecule has 0 aliphatic heterocycles. The van der Waals surface area contributed by atoms with Gasteiger partial charge in [0.25, 0.3) is 0 Å². The maximum absolute atomic E-state index is 11.0. The van der Waals surface area contributed by atoms with E-state index in [2.05, 4.69) is 22.1 Å². The monoisotopic (exact) mass is 223 g/mol. The van der Waals surface area contributed by atoms with Gasteiger partial charge in [-0.25, -0.2) is 0 Å². The van der Waals surface area contributed by atoms with Crippen molar-refractivity contribution in [2.24, 2.45) is 0 Å². The molecule has 0 rings (SSSR count). The zero-order valence-corrected chi connectivity index (χ0v) is 9.06. The normalized spacial score (nSPS) is 15.7. The van der Waals surface area contributed by atoms with Gasteiger partial charge in [0, 0.05) is 4.28 Å². The molecule has 4 N–H and O–H groups in total. The van der Waals surface area contributed by atoms with E-state index in [1.54, 1.807) is 13.8 Å². The Morgan fingerprint density at radius 2 is 2.21 bits per heavy atom. The predicted molar refractivity (Wildman–Crippen MR) is 50.0 cm³/mol. The maximum atomic E-state index is 11.0. The van der Waals surface area contributed by atoms with Crippen molar-refractivity contribution in [3.63, 3.8) is 0 Å². The van der Waals surface area contributed by atoms with Gasteiger partial charge in [0.1, 0.15) is 0 Å². The molecule has 7 heteroatoms. The van der Waals surface area contributed by atoms with Crippen LogP contribution < -0.4 is 11.2 Å². The smallest absolute Gasteiger partial charge is 0.343 e. The molecule has 1 unspecified atom stereocenters. The van der Waals surface area contributed by atoms with Crippen molar-refractivity contribution in [2.75, 3.05) is 5.75 Å². The van der Waals surface area contributed by atoms with Crippen molar-refractivity contribution in [2.45, 2.75) is 19.4 Å². The van der Waals surface area contributed by atoms with Crippen LogP contribution in [0.25, 0.3) is 0 Å². The van der Waals surface area contributed by atoms with Gasteiger partial charge in [-0.15, -0.1) is 0 Å². The molecule has 1 amide bonds. The highest BCUT2D eigenvalue weighted by Crippen LogP contribution is 2.11. The summed E-state index contributed by atoms with van der Waals surface area (Å²) in [7, 11) is -3.69. The second-order valence-corrected chi connectivity index (χ2v) is 5.04. The summed E-state index contributed by atoms with van der Waals surface area (Å²) in [5, 5.41) is 2.45. The molecule has 0 aliphatic carbocycles. The highest BCUT2D eigenvalue weighted by atomic mass is 32.3. The minimum absolute atomic E-state index is 0.344. The number of carbonyl (C=O) groups excluding carboxylic acids is 1. The van der Waals surface area contributed by atoms with Crippen LogP contribution in [0.15, 0.2) is 12.7 Å². The van der Waals surface area contributed by atoms with Gasteiger partial charge in [-0.05, 0) is 24.1 Å². The van der Waals surface area contributed by atoms with E-state index in [9.17, 15) is 13.6 Å². The fourth-order valence-electron chi connectivity index (χ4n) is 0.904. The third-order valence-electron chi connectivity index (χ3n) is 1.36. The van der Waals surface area contributed by atoms with E-state index in [0.29, 0.717) is 0 Å². The minimum Gasteiger partial charge on any atom is -0.343 e.